The molecule has 0 bridgehead atoms. The predicted molar refractivity (Wildman–Crippen MR) is 95.5 cm³/mol. The summed E-state index contributed by atoms with van der Waals surface area (Å²) < 4.78 is 7.72. The van der Waals surface area contributed by atoms with Crippen LogP contribution < -0.4 is 5.32 Å². The molecule has 0 saturated carbocycles. The van der Waals surface area contributed by atoms with Crippen molar-refractivity contribution in [1.82, 2.24) is 20.0 Å². The summed E-state index contributed by atoms with van der Waals surface area (Å²) in [5.74, 6) is 0.926. The second kappa shape index (κ2) is 6.63. The number of rotatable bonds is 4. The third-order valence-corrected chi connectivity index (χ3v) is 4.90. The molecule has 0 spiro atoms. The van der Waals surface area contributed by atoms with Gasteiger partial charge in [-0.25, -0.2) is 4.79 Å². The van der Waals surface area contributed by atoms with Gasteiger partial charge in [-0.3, -0.25) is 4.68 Å². The van der Waals surface area contributed by atoms with Crippen molar-refractivity contribution in [3.05, 3.63) is 54.0 Å². The summed E-state index contributed by atoms with van der Waals surface area (Å²) in [6.45, 7) is 4.06. The largest absolute Gasteiger partial charge is 0.461 e. The van der Waals surface area contributed by atoms with Crippen molar-refractivity contribution < 1.29 is 9.21 Å². The first-order valence-corrected chi connectivity index (χ1v) is 8.71. The smallest absolute Gasteiger partial charge is 0.317 e. The molecule has 1 atom stereocenters. The molecule has 3 heterocycles. The number of carbonyl (C=O) groups is 1. The highest BCUT2D eigenvalue weighted by atomic mass is 16.3. The van der Waals surface area contributed by atoms with E-state index in [-0.39, 0.29) is 12.1 Å². The summed E-state index contributed by atoms with van der Waals surface area (Å²) in [5.41, 5.74) is 2.08. The fourth-order valence-corrected chi connectivity index (χ4v) is 3.58. The van der Waals surface area contributed by atoms with E-state index in [0.717, 1.165) is 36.1 Å². The van der Waals surface area contributed by atoms with Crippen molar-refractivity contribution in [2.24, 2.45) is 0 Å². The number of para-hydroxylation sites is 1. The molecule has 1 aromatic carbocycles. The SMILES string of the molecule is Cc1oc2ccccc2c1CCNC(=O)N1CCC(n2cccn2)C1. The number of nitrogens with one attached hydrogen (secondary N) is 1. The van der Waals surface area contributed by atoms with Crippen LogP contribution in [0.25, 0.3) is 11.0 Å². The molecule has 2 amide bonds. The fourth-order valence-electron chi connectivity index (χ4n) is 3.58. The van der Waals surface area contributed by atoms with Crippen LogP contribution >= 0.6 is 0 Å². The minimum atomic E-state index is 0.000102. The highest BCUT2D eigenvalue weighted by Crippen LogP contribution is 2.25. The molecule has 0 radical (unpaired) electrons. The summed E-state index contributed by atoms with van der Waals surface area (Å²) in [4.78, 5) is 14.3. The monoisotopic (exact) mass is 338 g/mol. The molecule has 130 valence electrons. The van der Waals surface area contributed by atoms with Crippen LogP contribution in [-0.2, 0) is 6.42 Å². The molecule has 2 aromatic heterocycles. The molecule has 1 N–H and O–H groups in total. The topological polar surface area (TPSA) is 63.3 Å². The van der Waals surface area contributed by atoms with Crippen LogP contribution in [0, 0.1) is 6.92 Å². The molecule has 25 heavy (non-hydrogen) atoms. The Balaban J connectivity index is 1.33. The molecule has 4 rings (SSSR count). The van der Waals surface area contributed by atoms with E-state index in [1.807, 2.05) is 47.0 Å². The number of nitrogens with zero attached hydrogens (tertiary/aromatic N) is 3. The minimum absolute atomic E-state index is 0.000102. The van der Waals surface area contributed by atoms with Gasteiger partial charge in [-0.15, -0.1) is 0 Å². The standard InChI is InChI=1S/C19H22N4O2/c1-14-16(17-5-2-3-6-18(17)25-14)7-10-20-19(24)22-12-8-15(13-22)23-11-4-9-21-23/h2-6,9,11,15H,7-8,10,12-13H2,1H3,(H,20,24). The first-order valence-electron chi connectivity index (χ1n) is 8.71. The highest BCUT2D eigenvalue weighted by Gasteiger charge is 2.27. The van der Waals surface area contributed by atoms with E-state index in [0.29, 0.717) is 13.1 Å². The predicted octanol–water partition coefficient (Wildman–Crippen LogP) is 3.14. The van der Waals surface area contributed by atoms with Crippen molar-refractivity contribution >= 4 is 17.0 Å². The number of furan rings is 1. The Morgan fingerprint density at radius 2 is 2.24 bits per heavy atom. The van der Waals surface area contributed by atoms with Crippen LogP contribution in [0.1, 0.15) is 23.8 Å². The number of urea groups is 1. The third-order valence-electron chi connectivity index (χ3n) is 4.90. The van der Waals surface area contributed by atoms with Gasteiger partial charge in [-0.05, 0) is 31.9 Å². The average molecular weight is 338 g/mol. The summed E-state index contributed by atoms with van der Waals surface area (Å²) in [6.07, 6.45) is 5.45. The lowest BCUT2D eigenvalue weighted by molar-refractivity contribution is 0.207. The molecule has 1 fully saturated rings. The number of aryl methyl sites for hydroxylation is 1. The van der Waals surface area contributed by atoms with E-state index in [1.54, 1.807) is 6.20 Å². The van der Waals surface area contributed by atoms with Crippen LogP contribution in [-0.4, -0.2) is 40.3 Å². The summed E-state index contributed by atoms with van der Waals surface area (Å²) in [6, 6.07) is 10.2. The molecule has 6 heteroatoms. The number of aromatic nitrogens is 2. The highest BCUT2D eigenvalue weighted by molar-refractivity contribution is 5.82. The zero-order chi connectivity index (χ0) is 17.2. The third kappa shape index (κ3) is 3.12. The number of hydrogen-bond acceptors (Lipinski definition) is 3. The molecule has 1 aliphatic heterocycles. The number of hydrogen-bond donors (Lipinski definition) is 1. The zero-order valence-corrected chi connectivity index (χ0v) is 14.3. The van der Waals surface area contributed by atoms with Crippen LogP contribution in [0.2, 0.25) is 0 Å². The number of fused-ring (bicyclic) bond motifs is 1. The number of amides is 2. The van der Waals surface area contributed by atoms with Gasteiger partial charge in [-0.1, -0.05) is 18.2 Å². The lowest BCUT2D eigenvalue weighted by Crippen LogP contribution is -2.39. The van der Waals surface area contributed by atoms with Gasteiger partial charge in [-0.2, -0.15) is 5.10 Å². The maximum atomic E-state index is 12.4. The maximum absolute atomic E-state index is 12.4. The lowest BCUT2D eigenvalue weighted by Gasteiger charge is -2.17. The summed E-state index contributed by atoms with van der Waals surface area (Å²) in [7, 11) is 0. The molecule has 1 unspecified atom stereocenters. The Morgan fingerprint density at radius 1 is 1.36 bits per heavy atom. The van der Waals surface area contributed by atoms with Crippen LogP contribution in [0.15, 0.2) is 47.1 Å². The van der Waals surface area contributed by atoms with Gasteiger partial charge in [0.2, 0.25) is 0 Å². The van der Waals surface area contributed by atoms with Crippen molar-refractivity contribution in [1.29, 1.82) is 0 Å². The second-order valence-electron chi connectivity index (χ2n) is 6.49. The molecule has 1 saturated heterocycles. The molecule has 6 nitrogen and oxygen atoms in total. The van der Waals surface area contributed by atoms with Crippen molar-refractivity contribution in [2.45, 2.75) is 25.8 Å². The quantitative estimate of drug-likeness (QED) is 0.795. The van der Waals surface area contributed by atoms with E-state index >= 15 is 0 Å². The molecule has 0 aliphatic carbocycles. The van der Waals surface area contributed by atoms with Gasteiger partial charge in [0.25, 0.3) is 0 Å². The van der Waals surface area contributed by atoms with Crippen molar-refractivity contribution in [3.63, 3.8) is 0 Å². The van der Waals surface area contributed by atoms with Crippen LogP contribution in [0.5, 0.6) is 0 Å². The Kier molecular flexibility index (Phi) is 4.17. The first kappa shape index (κ1) is 15.7. The van der Waals surface area contributed by atoms with Gasteiger partial charge < -0.3 is 14.6 Å². The van der Waals surface area contributed by atoms with E-state index in [9.17, 15) is 4.79 Å². The molecular formula is C19H22N4O2. The fraction of sp³-hybridized carbons (Fsp3) is 0.368. The Morgan fingerprint density at radius 3 is 3.08 bits per heavy atom. The normalized spacial score (nSPS) is 17.3. The van der Waals surface area contributed by atoms with Gasteiger partial charge in [0.1, 0.15) is 11.3 Å². The van der Waals surface area contributed by atoms with Crippen molar-refractivity contribution in [2.75, 3.05) is 19.6 Å². The summed E-state index contributed by atoms with van der Waals surface area (Å²) in [5, 5.41) is 8.44. The van der Waals surface area contributed by atoms with Gasteiger partial charge in [0, 0.05) is 43.0 Å². The summed E-state index contributed by atoms with van der Waals surface area (Å²) >= 11 is 0. The Labute approximate surface area is 146 Å². The zero-order valence-electron chi connectivity index (χ0n) is 14.3. The van der Waals surface area contributed by atoms with Crippen molar-refractivity contribution in [3.8, 4) is 0 Å². The number of likely N-dealkylation sites (tertiary alicyclic amines) is 1. The average Bonchev–Trinajstić information content (AvgIpc) is 3.34. The Bertz CT molecular complexity index is 869. The maximum Gasteiger partial charge on any atom is 0.317 e. The van der Waals surface area contributed by atoms with Gasteiger partial charge in [0.05, 0.1) is 6.04 Å². The second-order valence-corrected chi connectivity index (χ2v) is 6.49. The van der Waals surface area contributed by atoms with Crippen LogP contribution in [0.3, 0.4) is 0 Å². The molecule has 3 aromatic rings. The van der Waals surface area contributed by atoms with E-state index in [2.05, 4.69) is 16.5 Å². The number of benzene rings is 1. The molecule has 1 aliphatic rings. The van der Waals surface area contributed by atoms with Gasteiger partial charge >= 0.3 is 6.03 Å². The lowest BCUT2D eigenvalue weighted by atomic mass is 10.1. The van der Waals surface area contributed by atoms with E-state index in [4.69, 9.17) is 4.42 Å². The van der Waals surface area contributed by atoms with E-state index < -0.39 is 0 Å². The Hall–Kier alpha value is -2.76. The van der Waals surface area contributed by atoms with Crippen LogP contribution in [0.4, 0.5) is 4.79 Å². The number of carbonyl (C=O) groups excluding carboxylic acids is 1. The first-order chi connectivity index (χ1) is 12.2. The van der Waals surface area contributed by atoms with E-state index in [1.165, 1.54) is 5.56 Å². The molecular weight excluding hydrogens is 316 g/mol. The minimum Gasteiger partial charge on any atom is -0.461 e. The van der Waals surface area contributed by atoms with Gasteiger partial charge in [0.15, 0.2) is 0 Å².